The first-order valence-corrected chi connectivity index (χ1v) is 7.22. The SMILES string of the molecule is CCNC(CC)CCCN1CCCC(C)C1. The van der Waals surface area contributed by atoms with Gasteiger partial charge in [0.15, 0.2) is 0 Å². The highest BCUT2D eigenvalue weighted by Crippen LogP contribution is 2.16. The second-order valence-electron chi connectivity index (χ2n) is 5.35. The molecular formula is C14H30N2. The van der Waals surface area contributed by atoms with Gasteiger partial charge in [-0.25, -0.2) is 0 Å². The van der Waals surface area contributed by atoms with Crippen LogP contribution < -0.4 is 5.32 Å². The zero-order chi connectivity index (χ0) is 11.8. The van der Waals surface area contributed by atoms with Crippen LogP contribution in [0.15, 0.2) is 0 Å². The Bertz CT molecular complexity index is 170. The molecule has 0 aromatic heterocycles. The van der Waals surface area contributed by atoms with Crippen LogP contribution in [-0.2, 0) is 0 Å². The average molecular weight is 226 g/mol. The lowest BCUT2D eigenvalue weighted by molar-refractivity contribution is 0.179. The van der Waals surface area contributed by atoms with Crippen molar-refractivity contribution in [3.63, 3.8) is 0 Å². The minimum absolute atomic E-state index is 0.743. The van der Waals surface area contributed by atoms with Crippen molar-refractivity contribution in [2.75, 3.05) is 26.2 Å². The Kier molecular flexibility index (Phi) is 7.06. The molecule has 96 valence electrons. The molecule has 2 nitrogen and oxygen atoms in total. The van der Waals surface area contributed by atoms with Gasteiger partial charge in [0.1, 0.15) is 0 Å². The fourth-order valence-electron chi connectivity index (χ4n) is 2.79. The average Bonchev–Trinajstić information content (AvgIpc) is 2.28. The Labute approximate surface area is 102 Å². The monoisotopic (exact) mass is 226 g/mol. The van der Waals surface area contributed by atoms with Gasteiger partial charge >= 0.3 is 0 Å². The van der Waals surface area contributed by atoms with Gasteiger partial charge in [-0.15, -0.1) is 0 Å². The highest BCUT2D eigenvalue weighted by atomic mass is 15.1. The second-order valence-corrected chi connectivity index (χ2v) is 5.35. The van der Waals surface area contributed by atoms with Crippen LogP contribution in [0.5, 0.6) is 0 Å². The summed E-state index contributed by atoms with van der Waals surface area (Å²) in [6, 6.07) is 0.743. The molecule has 1 fully saturated rings. The van der Waals surface area contributed by atoms with E-state index in [9.17, 15) is 0 Å². The predicted octanol–water partition coefficient (Wildman–Crippen LogP) is 2.89. The molecule has 0 aromatic carbocycles. The maximum Gasteiger partial charge on any atom is 0.00647 e. The maximum absolute atomic E-state index is 3.56. The molecule has 2 atom stereocenters. The summed E-state index contributed by atoms with van der Waals surface area (Å²) in [5.74, 6) is 0.921. The summed E-state index contributed by atoms with van der Waals surface area (Å²) in [6.45, 7) is 12.0. The Hall–Kier alpha value is -0.0800. The van der Waals surface area contributed by atoms with Crippen molar-refractivity contribution < 1.29 is 0 Å². The Balaban J connectivity index is 2.09. The molecule has 1 saturated heterocycles. The Morgan fingerprint density at radius 2 is 2.19 bits per heavy atom. The number of likely N-dealkylation sites (tertiary alicyclic amines) is 1. The fraction of sp³-hybridized carbons (Fsp3) is 1.00. The van der Waals surface area contributed by atoms with Gasteiger partial charge in [0.05, 0.1) is 0 Å². The molecule has 0 aromatic rings. The summed E-state index contributed by atoms with van der Waals surface area (Å²) in [4.78, 5) is 2.66. The summed E-state index contributed by atoms with van der Waals surface area (Å²) in [5, 5.41) is 3.56. The molecule has 2 heteroatoms. The van der Waals surface area contributed by atoms with E-state index in [1.54, 1.807) is 0 Å². The third kappa shape index (κ3) is 5.31. The molecule has 1 N–H and O–H groups in total. The Morgan fingerprint density at radius 1 is 1.38 bits per heavy atom. The van der Waals surface area contributed by atoms with Crippen LogP contribution in [0.2, 0.25) is 0 Å². The molecule has 1 aliphatic rings. The third-order valence-electron chi connectivity index (χ3n) is 3.75. The largest absolute Gasteiger partial charge is 0.314 e. The van der Waals surface area contributed by atoms with E-state index in [0.717, 1.165) is 18.5 Å². The van der Waals surface area contributed by atoms with Gasteiger partial charge in [-0.3, -0.25) is 0 Å². The lowest BCUT2D eigenvalue weighted by Gasteiger charge is -2.31. The van der Waals surface area contributed by atoms with Crippen molar-refractivity contribution in [1.82, 2.24) is 10.2 Å². The zero-order valence-electron chi connectivity index (χ0n) is 11.5. The van der Waals surface area contributed by atoms with Crippen molar-refractivity contribution in [2.45, 2.75) is 58.9 Å². The number of nitrogens with zero attached hydrogens (tertiary/aromatic N) is 1. The van der Waals surface area contributed by atoms with E-state index in [4.69, 9.17) is 0 Å². The van der Waals surface area contributed by atoms with Crippen molar-refractivity contribution in [1.29, 1.82) is 0 Å². The number of rotatable bonds is 7. The summed E-state index contributed by atoms with van der Waals surface area (Å²) in [5.41, 5.74) is 0. The normalized spacial score (nSPS) is 24.6. The van der Waals surface area contributed by atoms with Crippen LogP contribution in [0, 0.1) is 5.92 Å². The quantitative estimate of drug-likeness (QED) is 0.718. The maximum atomic E-state index is 3.56. The van der Waals surface area contributed by atoms with Crippen molar-refractivity contribution in [3.8, 4) is 0 Å². The van der Waals surface area contributed by atoms with Crippen molar-refractivity contribution in [3.05, 3.63) is 0 Å². The summed E-state index contributed by atoms with van der Waals surface area (Å²) >= 11 is 0. The Morgan fingerprint density at radius 3 is 2.81 bits per heavy atom. The van der Waals surface area contributed by atoms with Gasteiger partial charge in [0.2, 0.25) is 0 Å². The standard InChI is InChI=1S/C14H30N2/c1-4-14(15-5-2)9-7-11-16-10-6-8-13(3)12-16/h13-15H,4-12H2,1-3H3. The molecule has 0 saturated carbocycles. The van der Waals surface area contributed by atoms with Crippen LogP contribution in [-0.4, -0.2) is 37.1 Å². The molecule has 16 heavy (non-hydrogen) atoms. The molecule has 1 aliphatic heterocycles. The number of hydrogen-bond donors (Lipinski definition) is 1. The van der Waals surface area contributed by atoms with E-state index in [-0.39, 0.29) is 0 Å². The second kappa shape index (κ2) is 8.08. The molecule has 1 heterocycles. The molecule has 1 rings (SSSR count). The first-order chi connectivity index (χ1) is 7.76. The van der Waals surface area contributed by atoms with Crippen LogP contribution in [0.4, 0.5) is 0 Å². The molecule has 0 radical (unpaired) electrons. The molecule has 0 spiro atoms. The molecule has 0 amide bonds. The van der Waals surface area contributed by atoms with Crippen molar-refractivity contribution >= 4 is 0 Å². The fourth-order valence-corrected chi connectivity index (χ4v) is 2.79. The molecule has 2 unspecified atom stereocenters. The summed E-state index contributed by atoms with van der Waals surface area (Å²) in [7, 11) is 0. The van der Waals surface area contributed by atoms with Gasteiger partial charge in [0, 0.05) is 12.6 Å². The van der Waals surface area contributed by atoms with Gasteiger partial charge in [-0.1, -0.05) is 20.8 Å². The zero-order valence-corrected chi connectivity index (χ0v) is 11.5. The van der Waals surface area contributed by atoms with E-state index >= 15 is 0 Å². The smallest absolute Gasteiger partial charge is 0.00647 e. The van der Waals surface area contributed by atoms with Gasteiger partial charge in [-0.2, -0.15) is 0 Å². The number of hydrogen-bond acceptors (Lipinski definition) is 2. The topological polar surface area (TPSA) is 15.3 Å². The summed E-state index contributed by atoms with van der Waals surface area (Å²) < 4.78 is 0. The van der Waals surface area contributed by atoms with Gasteiger partial charge < -0.3 is 10.2 Å². The van der Waals surface area contributed by atoms with E-state index in [0.29, 0.717) is 0 Å². The van der Waals surface area contributed by atoms with Crippen LogP contribution >= 0.6 is 0 Å². The van der Waals surface area contributed by atoms with E-state index < -0.39 is 0 Å². The first kappa shape index (κ1) is 14.0. The third-order valence-corrected chi connectivity index (χ3v) is 3.75. The number of nitrogens with one attached hydrogen (secondary N) is 1. The molecular weight excluding hydrogens is 196 g/mol. The highest BCUT2D eigenvalue weighted by Gasteiger charge is 2.15. The van der Waals surface area contributed by atoms with Crippen molar-refractivity contribution in [2.24, 2.45) is 5.92 Å². The van der Waals surface area contributed by atoms with E-state index in [2.05, 4.69) is 31.0 Å². The van der Waals surface area contributed by atoms with E-state index in [1.807, 2.05) is 0 Å². The lowest BCUT2D eigenvalue weighted by Crippen LogP contribution is -2.36. The molecule has 0 bridgehead atoms. The summed E-state index contributed by atoms with van der Waals surface area (Å²) in [6.07, 6.45) is 6.81. The molecule has 0 aliphatic carbocycles. The highest BCUT2D eigenvalue weighted by molar-refractivity contribution is 4.71. The van der Waals surface area contributed by atoms with Crippen LogP contribution in [0.25, 0.3) is 0 Å². The lowest BCUT2D eigenvalue weighted by atomic mass is 10.00. The van der Waals surface area contributed by atoms with E-state index in [1.165, 1.54) is 51.7 Å². The van der Waals surface area contributed by atoms with Crippen LogP contribution in [0.3, 0.4) is 0 Å². The minimum atomic E-state index is 0.743. The van der Waals surface area contributed by atoms with Crippen LogP contribution in [0.1, 0.15) is 52.9 Å². The van der Waals surface area contributed by atoms with Gasteiger partial charge in [0.25, 0.3) is 0 Å². The van der Waals surface area contributed by atoms with Gasteiger partial charge in [-0.05, 0) is 57.7 Å². The predicted molar refractivity (Wildman–Crippen MR) is 71.8 cm³/mol. The minimum Gasteiger partial charge on any atom is -0.314 e. The number of piperidine rings is 1. The first-order valence-electron chi connectivity index (χ1n) is 7.22.